The van der Waals surface area contributed by atoms with E-state index in [2.05, 4.69) is 34.8 Å². The van der Waals surface area contributed by atoms with Crippen molar-refractivity contribution in [2.24, 2.45) is 5.92 Å². The van der Waals surface area contributed by atoms with Gasteiger partial charge in [-0.15, -0.1) is 0 Å². The zero-order valence-electron chi connectivity index (χ0n) is 25.1. The summed E-state index contributed by atoms with van der Waals surface area (Å²) in [6.07, 6.45) is 5.39. The molecular weight excluding hydrogens is 562 g/mol. The number of amides is 2. The number of carbonyl (C=O) groups is 2. The second kappa shape index (κ2) is 12.6. The minimum atomic E-state index is -4.04. The highest BCUT2D eigenvalue weighted by Crippen LogP contribution is 2.39. The fourth-order valence-corrected chi connectivity index (χ4v) is 7.42. The molecule has 0 radical (unpaired) electrons. The Hall–Kier alpha value is -4.11. The first-order valence-electron chi connectivity index (χ1n) is 14.9. The zero-order valence-corrected chi connectivity index (χ0v) is 26.0. The Balaban J connectivity index is 1.44. The van der Waals surface area contributed by atoms with Gasteiger partial charge in [-0.25, -0.2) is 13.1 Å². The topological polar surface area (TPSA) is 109 Å². The van der Waals surface area contributed by atoms with Crippen LogP contribution in [0.15, 0.2) is 71.8 Å². The van der Waals surface area contributed by atoms with E-state index in [9.17, 15) is 18.0 Å². The second-order valence-electron chi connectivity index (χ2n) is 11.2. The van der Waals surface area contributed by atoms with Crippen molar-refractivity contribution < 1.29 is 22.7 Å². The minimum absolute atomic E-state index is 0.0136. The molecule has 2 heterocycles. The quantitative estimate of drug-likeness (QED) is 0.221. The van der Waals surface area contributed by atoms with E-state index in [1.165, 1.54) is 6.07 Å². The number of ether oxygens (including phenoxy) is 1. The molecule has 5 rings (SSSR count). The van der Waals surface area contributed by atoms with Crippen LogP contribution in [0.25, 0.3) is 10.9 Å². The molecule has 1 fully saturated rings. The number of methoxy groups -OCH3 is 1. The number of hydrogen-bond donors (Lipinski definition) is 2. The number of likely N-dealkylation sites (tertiary alicyclic amines) is 1. The predicted octanol–water partition coefficient (Wildman–Crippen LogP) is 5.95. The summed E-state index contributed by atoms with van der Waals surface area (Å²) < 4.78 is 33.8. The third-order valence-corrected chi connectivity index (χ3v) is 9.98. The van der Waals surface area contributed by atoms with Gasteiger partial charge >= 0.3 is 0 Å². The molecule has 2 N–H and O–H groups in total. The van der Waals surface area contributed by atoms with E-state index in [-0.39, 0.29) is 28.2 Å². The summed E-state index contributed by atoms with van der Waals surface area (Å²) in [7, 11) is -2.49. The summed E-state index contributed by atoms with van der Waals surface area (Å²) in [5, 5.41) is 1.10. The number of aromatic amines is 1. The van der Waals surface area contributed by atoms with Crippen LogP contribution in [-0.2, 0) is 21.2 Å². The van der Waals surface area contributed by atoms with Crippen LogP contribution in [0.4, 0.5) is 0 Å². The van der Waals surface area contributed by atoms with Gasteiger partial charge in [0.15, 0.2) is 0 Å². The number of hydrogen-bond acceptors (Lipinski definition) is 5. The summed E-state index contributed by atoms with van der Waals surface area (Å²) >= 11 is 0. The number of H-pyrrole nitrogens is 1. The van der Waals surface area contributed by atoms with Crippen molar-refractivity contribution in [1.82, 2.24) is 14.6 Å². The molecule has 2 unspecified atom stereocenters. The van der Waals surface area contributed by atoms with Crippen molar-refractivity contribution in [1.29, 1.82) is 0 Å². The molecule has 8 nitrogen and oxygen atoms in total. The molecule has 3 aromatic carbocycles. The molecule has 1 aliphatic heterocycles. The maximum Gasteiger partial charge on any atom is 0.265 e. The van der Waals surface area contributed by atoms with Gasteiger partial charge in [-0.05, 0) is 80.1 Å². The highest BCUT2D eigenvalue weighted by atomic mass is 32.2. The van der Waals surface area contributed by atoms with Crippen molar-refractivity contribution in [2.45, 2.75) is 57.3 Å². The van der Waals surface area contributed by atoms with E-state index in [4.69, 9.17) is 4.74 Å². The molecule has 226 valence electrons. The average Bonchev–Trinajstić information content (AvgIpc) is 3.58. The van der Waals surface area contributed by atoms with Crippen LogP contribution >= 0.6 is 0 Å². The smallest absolute Gasteiger partial charge is 0.265 e. The Morgan fingerprint density at radius 2 is 1.88 bits per heavy atom. The summed E-state index contributed by atoms with van der Waals surface area (Å²) in [6, 6.07) is 18.0. The number of sulfonamides is 1. The Morgan fingerprint density at radius 3 is 2.58 bits per heavy atom. The largest absolute Gasteiger partial charge is 0.496 e. The average molecular weight is 602 g/mol. The first kappa shape index (κ1) is 30.4. The lowest BCUT2D eigenvalue weighted by Crippen LogP contribution is -2.31. The molecule has 0 bridgehead atoms. The van der Waals surface area contributed by atoms with Crippen molar-refractivity contribution in [3.05, 3.63) is 94.7 Å². The van der Waals surface area contributed by atoms with Crippen LogP contribution in [0, 0.1) is 12.8 Å². The van der Waals surface area contributed by atoms with Gasteiger partial charge < -0.3 is 14.6 Å². The van der Waals surface area contributed by atoms with Gasteiger partial charge in [-0.2, -0.15) is 0 Å². The van der Waals surface area contributed by atoms with Crippen LogP contribution in [0.1, 0.15) is 71.6 Å². The highest BCUT2D eigenvalue weighted by molar-refractivity contribution is 7.90. The lowest BCUT2D eigenvalue weighted by molar-refractivity contribution is -0.130. The van der Waals surface area contributed by atoms with Gasteiger partial charge in [-0.3, -0.25) is 9.59 Å². The van der Waals surface area contributed by atoms with Crippen LogP contribution in [0.2, 0.25) is 0 Å². The van der Waals surface area contributed by atoms with Crippen LogP contribution in [0.3, 0.4) is 0 Å². The van der Waals surface area contributed by atoms with Crippen molar-refractivity contribution in [3.8, 4) is 5.75 Å². The van der Waals surface area contributed by atoms with E-state index in [1.54, 1.807) is 44.4 Å². The van der Waals surface area contributed by atoms with Crippen LogP contribution in [-0.4, -0.2) is 50.3 Å². The lowest BCUT2D eigenvalue weighted by Gasteiger charge is -2.20. The standard InChI is InChI=1S/C34H39N3O5S/c1-5-9-26(29-21-35-30-15-12-23(19-28(29)30)18-25-16-17-37(6-2)34(25)39)27-14-13-24(20-31(27)42-4)33(38)36-43(40,41)32-11-8-7-10-22(32)3/h7-8,10-15,19-21,25-26,35H,5-6,9,16-18H2,1-4H3,(H,36,38). The van der Waals surface area contributed by atoms with E-state index in [0.717, 1.165) is 59.9 Å². The first-order valence-corrected chi connectivity index (χ1v) is 16.3. The van der Waals surface area contributed by atoms with Gasteiger partial charge in [0.1, 0.15) is 5.75 Å². The third kappa shape index (κ3) is 6.18. The molecule has 1 aromatic heterocycles. The SMILES string of the molecule is CCCC(c1ccc(C(=O)NS(=O)(=O)c2ccccc2C)cc1OC)c1c[nH]c2ccc(CC3CCN(CC)C3=O)cc12. The Labute approximate surface area is 253 Å². The van der Waals surface area contributed by atoms with E-state index < -0.39 is 15.9 Å². The minimum Gasteiger partial charge on any atom is -0.496 e. The maximum absolute atomic E-state index is 13.1. The zero-order chi connectivity index (χ0) is 30.7. The summed E-state index contributed by atoms with van der Waals surface area (Å²) in [4.78, 5) is 31.2. The monoisotopic (exact) mass is 601 g/mol. The first-order chi connectivity index (χ1) is 20.7. The molecule has 9 heteroatoms. The molecule has 1 aliphatic rings. The number of fused-ring (bicyclic) bond motifs is 1. The van der Waals surface area contributed by atoms with Gasteiger partial charge in [-0.1, -0.05) is 43.7 Å². The van der Waals surface area contributed by atoms with E-state index in [1.807, 2.05) is 24.1 Å². The normalized spacial score (nSPS) is 16.0. The van der Waals surface area contributed by atoms with E-state index >= 15 is 0 Å². The molecule has 4 aromatic rings. The molecule has 2 amide bonds. The number of nitrogens with one attached hydrogen (secondary N) is 2. The Morgan fingerprint density at radius 1 is 1.09 bits per heavy atom. The van der Waals surface area contributed by atoms with Gasteiger partial charge in [0, 0.05) is 53.2 Å². The Kier molecular flexibility index (Phi) is 8.92. The fraction of sp³-hybridized carbons (Fsp3) is 0.353. The van der Waals surface area contributed by atoms with Crippen molar-refractivity contribution in [2.75, 3.05) is 20.2 Å². The summed E-state index contributed by atoms with van der Waals surface area (Å²) in [5.41, 5.74) is 4.93. The molecule has 0 spiro atoms. The summed E-state index contributed by atoms with van der Waals surface area (Å²) in [6.45, 7) is 7.41. The van der Waals surface area contributed by atoms with E-state index in [0.29, 0.717) is 17.7 Å². The number of benzene rings is 3. The molecular formula is C34H39N3O5S. The van der Waals surface area contributed by atoms with Gasteiger partial charge in [0.25, 0.3) is 15.9 Å². The third-order valence-electron chi connectivity index (χ3n) is 8.48. The number of rotatable bonds is 11. The maximum atomic E-state index is 13.1. The highest BCUT2D eigenvalue weighted by Gasteiger charge is 2.31. The molecule has 2 atom stereocenters. The van der Waals surface area contributed by atoms with Crippen molar-refractivity contribution >= 4 is 32.7 Å². The van der Waals surface area contributed by atoms with Gasteiger partial charge in [0.2, 0.25) is 5.91 Å². The van der Waals surface area contributed by atoms with Crippen LogP contribution < -0.4 is 9.46 Å². The molecule has 43 heavy (non-hydrogen) atoms. The number of carbonyl (C=O) groups excluding carboxylic acids is 2. The fourth-order valence-electron chi connectivity index (χ4n) is 6.20. The second-order valence-corrected chi connectivity index (χ2v) is 12.9. The van der Waals surface area contributed by atoms with Crippen molar-refractivity contribution in [3.63, 3.8) is 0 Å². The number of aryl methyl sites for hydroxylation is 1. The summed E-state index contributed by atoms with van der Waals surface area (Å²) in [5.74, 6) is 0.0162. The van der Waals surface area contributed by atoms with Gasteiger partial charge in [0.05, 0.1) is 12.0 Å². The van der Waals surface area contributed by atoms with Crippen LogP contribution in [0.5, 0.6) is 5.75 Å². The number of nitrogens with zero attached hydrogens (tertiary/aromatic N) is 1. The lowest BCUT2D eigenvalue weighted by atomic mass is 9.85. The molecule has 0 aliphatic carbocycles. The predicted molar refractivity (Wildman–Crippen MR) is 168 cm³/mol. The molecule has 1 saturated heterocycles. The molecule has 0 saturated carbocycles. The Bertz CT molecular complexity index is 1760. The number of aromatic nitrogens is 1.